The van der Waals surface area contributed by atoms with Gasteiger partial charge in [0.25, 0.3) is 11.6 Å². The monoisotopic (exact) mass is 370 g/mol. The molecule has 2 aromatic carbocycles. The molecule has 0 aliphatic carbocycles. The lowest BCUT2D eigenvalue weighted by atomic mass is 10.1. The zero-order chi connectivity index (χ0) is 17.9. The van der Waals surface area contributed by atoms with Crippen molar-refractivity contribution in [3.05, 3.63) is 56.1 Å². The Morgan fingerprint density at radius 2 is 1.79 bits per heavy atom. The van der Waals surface area contributed by atoms with Crippen LogP contribution in [0.5, 0.6) is 11.5 Å². The van der Waals surface area contributed by atoms with Crippen molar-refractivity contribution in [3.63, 3.8) is 0 Å². The van der Waals surface area contributed by atoms with Crippen molar-refractivity contribution in [2.45, 2.75) is 0 Å². The van der Waals surface area contributed by atoms with Crippen LogP contribution in [-0.2, 0) is 0 Å². The molecule has 0 atom stereocenters. The minimum Gasteiger partial charge on any atom is -0.495 e. The van der Waals surface area contributed by atoms with E-state index in [1.165, 1.54) is 38.5 Å². The summed E-state index contributed by atoms with van der Waals surface area (Å²) < 4.78 is 10.2. The van der Waals surface area contributed by atoms with E-state index in [4.69, 9.17) is 32.7 Å². The Hall–Kier alpha value is -2.51. The maximum atomic E-state index is 12.4. The Labute approximate surface area is 147 Å². The van der Waals surface area contributed by atoms with Gasteiger partial charge < -0.3 is 14.8 Å². The highest BCUT2D eigenvalue weighted by Gasteiger charge is 2.22. The summed E-state index contributed by atoms with van der Waals surface area (Å²) in [5, 5.41) is 14.0. The van der Waals surface area contributed by atoms with E-state index >= 15 is 0 Å². The van der Waals surface area contributed by atoms with Crippen molar-refractivity contribution < 1.29 is 19.2 Å². The van der Waals surface area contributed by atoms with E-state index in [0.29, 0.717) is 5.75 Å². The standard InChI is InChI=1S/C15H12Cl2N2O5/c1-23-13-7-14(24-2)11(6-10(13)17)18-15(20)9-5-8(16)3-4-12(9)19(21)22/h3-7H,1-2H3,(H,18,20). The van der Waals surface area contributed by atoms with Crippen LogP contribution < -0.4 is 14.8 Å². The van der Waals surface area contributed by atoms with Gasteiger partial charge in [-0.3, -0.25) is 14.9 Å². The topological polar surface area (TPSA) is 90.7 Å². The van der Waals surface area contributed by atoms with Gasteiger partial charge in [-0.2, -0.15) is 0 Å². The van der Waals surface area contributed by atoms with Crippen molar-refractivity contribution in [2.75, 3.05) is 19.5 Å². The van der Waals surface area contributed by atoms with Gasteiger partial charge in [0, 0.05) is 17.2 Å². The minimum atomic E-state index is -0.719. The van der Waals surface area contributed by atoms with Gasteiger partial charge in [0.2, 0.25) is 0 Å². The molecule has 9 heteroatoms. The van der Waals surface area contributed by atoms with Crippen LogP contribution >= 0.6 is 23.2 Å². The Kier molecular flexibility index (Phi) is 5.48. The normalized spacial score (nSPS) is 10.2. The maximum Gasteiger partial charge on any atom is 0.282 e. The molecule has 0 aliphatic rings. The largest absolute Gasteiger partial charge is 0.495 e. The van der Waals surface area contributed by atoms with E-state index in [0.717, 1.165) is 6.07 Å². The number of benzene rings is 2. The molecule has 2 aromatic rings. The number of amides is 1. The van der Waals surface area contributed by atoms with E-state index < -0.39 is 10.8 Å². The van der Waals surface area contributed by atoms with Gasteiger partial charge in [0.1, 0.15) is 17.1 Å². The van der Waals surface area contributed by atoms with Crippen LogP contribution in [0, 0.1) is 10.1 Å². The lowest BCUT2D eigenvalue weighted by Gasteiger charge is -2.13. The fourth-order valence-corrected chi connectivity index (χ4v) is 2.41. The van der Waals surface area contributed by atoms with Crippen molar-refractivity contribution in [1.29, 1.82) is 0 Å². The third-order valence-corrected chi connectivity index (χ3v) is 3.65. The number of nitro benzene ring substituents is 1. The van der Waals surface area contributed by atoms with Gasteiger partial charge in [-0.15, -0.1) is 0 Å². The molecular formula is C15H12Cl2N2O5. The minimum absolute atomic E-state index is 0.179. The summed E-state index contributed by atoms with van der Waals surface area (Å²) in [4.78, 5) is 22.8. The first-order valence-corrected chi connectivity index (χ1v) is 7.29. The van der Waals surface area contributed by atoms with E-state index in [2.05, 4.69) is 5.32 Å². The highest BCUT2D eigenvalue weighted by molar-refractivity contribution is 6.32. The first kappa shape index (κ1) is 17.8. The second-order valence-corrected chi connectivity index (χ2v) is 5.40. The average Bonchev–Trinajstić information content (AvgIpc) is 2.54. The number of methoxy groups -OCH3 is 2. The van der Waals surface area contributed by atoms with E-state index in [1.807, 2.05) is 0 Å². The number of nitrogens with zero attached hydrogens (tertiary/aromatic N) is 1. The predicted octanol–water partition coefficient (Wildman–Crippen LogP) is 4.17. The van der Waals surface area contributed by atoms with Crippen LogP contribution in [-0.4, -0.2) is 25.1 Å². The molecule has 2 rings (SSSR count). The number of nitrogens with one attached hydrogen (secondary N) is 1. The number of hydrogen-bond acceptors (Lipinski definition) is 5. The quantitative estimate of drug-likeness (QED) is 0.629. The lowest BCUT2D eigenvalue weighted by molar-refractivity contribution is -0.385. The second kappa shape index (κ2) is 7.37. The zero-order valence-corrected chi connectivity index (χ0v) is 14.1. The molecule has 0 bridgehead atoms. The molecule has 7 nitrogen and oxygen atoms in total. The van der Waals surface area contributed by atoms with Gasteiger partial charge in [-0.1, -0.05) is 23.2 Å². The van der Waals surface area contributed by atoms with Crippen LogP contribution in [0.2, 0.25) is 10.0 Å². The summed E-state index contributed by atoms with van der Waals surface area (Å²) in [7, 11) is 2.84. The SMILES string of the molecule is COc1cc(OC)c(NC(=O)c2cc(Cl)ccc2[N+](=O)[O-])cc1Cl. The van der Waals surface area contributed by atoms with Gasteiger partial charge >= 0.3 is 0 Å². The van der Waals surface area contributed by atoms with Crippen LogP contribution in [0.1, 0.15) is 10.4 Å². The van der Waals surface area contributed by atoms with Crippen molar-refractivity contribution in [2.24, 2.45) is 0 Å². The molecule has 0 aromatic heterocycles. The van der Waals surface area contributed by atoms with Crippen LogP contribution in [0.3, 0.4) is 0 Å². The van der Waals surface area contributed by atoms with Gasteiger partial charge in [0.15, 0.2) is 0 Å². The molecule has 0 unspecified atom stereocenters. The number of carbonyl (C=O) groups excluding carboxylic acids is 1. The molecule has 1 amide bonds. The Bertz CT molecular complexity index is 811. The average molecular weight is 371 g/mol. The molecule has 0 spiro atoms. The number of nitro groups is 1. The first-order chi connectivity index (χ1) is 11.4. The molecule has 0 aliphatic heterocycles. The van der Waals surface area contributed by atoms with E-state index in [-0.39, 0.29) is 32.7 Å². The second-order valence-electron chi connectivity index (χ2n) is 4.56. The molecular weight excluding hydrogens is 359 g/mol. The highest BCUT2D eigenvalue weighted by Crippen LogP contribution is 2.36. The summed E-state index contributed by atoms with van der Waals surface area (Å²) in [6, 6.07) is 6.63. The molecule has 0 heterocycles. The molecule has 0 radical (unpaired) electrons. The lowest BCUT2D eigenvalue weighted by Crippen LogP contribution is -2.14. The van der Waals surface area contributed by atoms with Crippen LogP contribution in [0.25, 0.3) is 0 Å². The molecule has 0 fully saturated rings. The van der Waals surface area contributed by atoms with Crippen molar-refractivity contribution in [3.8, 4) is 11.5 Å². The smallest absolute Gasteiger partial charge is 0.282 e. The number of ether oxygens (including phenoxy) is 2. The third kappa shape index (κ3) is 3.69. The zero-order valence-electron chi connectivity index (χ0n) is 12.6. The third-order valence-electron chi connectivity index (χ3n) is 3.12. The number of hydrogen-bond donors (Lipinski definition) is 1. The van der Waals surface area contributed by atoms with Crippen molar-refractivity contribution >= 4 is 40.5 Å². The predicted molar refractivity (Wildman–Crippen MR) is 90.6 cm³/mol. The number of carbonyl (C=O) groups is 1. The summed E-state index contributed by atoms with van der Waals surface area (Å²) in [5.74, 6) is -0.0710. The number of halogens is 2. The van der Waals surface area contributed by atoms with Gasteiger partial charge in [-0.25, -0.2) is 0 Å². The number of anilines is 1. The Morgan fingerprint density at radius 1 is 1.12 bits per heavy atom. The first-order valence-electron chi connectivity index (χ1n) is 6.54. The summed E-state index contributed by atoms with van der Waals surface area (Å²) >= 11 is 11.9. The van der Waals surface area contributed by atoms with Crippen LogP contribution in [0.15, 0.2) is 30.3 Å². The molecule has 1 N–H and O–H groups in total. The van der Waals surface area contributed by atoms with E-state index in [1.54, 1.807) is 0 Å². The summed E-state index contributed by atoms with van der Waals surface area (Å²) in [5.41, 5.74) is -0.306. The highest BCUT2D eigenvalue weighted by atomic mass is 35.5. The summed E-state index contributed by atoms with van der Waals surface area (Å²) in [6.07, 6.45) is 0. The summed E-state index contributed by atoms with van der Waals surface area (Å²) in [6.45, 7) is 0. The number of rotatable bonds is 5. The molecule has 0 saturated carbocycles. The molecule has 0 saturated heterocycles. The van der Waals surface area contributed by atoms with E-state index in [9.17, 15) is 14.9 Å². The fourth-order valence-electron chi connectivity index (χ4n) is 2.00. The van der Waals surface area contributed by atoms with Gasteiger partial charge in [0.05, 0.1) is 29.9 Å². The maximum absolute atomic E-state index is 12.4. The Morgan fingerprint density at radius 3 is 2.38 bits per heavy atom. The fraction of sp³-hybridized carbons (Fsp3) is 0.133. The molecule has 24 heavy (non-hydrogen) atoms. The van der Waals surface area contributed by atoms with Crippen LogP contribution in [0.4, 0.5) is 11.4 Å². The van der Waals surface area contributed by atoms with Crippen molar-refractivity contribution in [1.82, 2.24) is 0 Å². The molecule has 126 valence electrons. The van der Waals surface area contributed by atoms with Gasteiger partial charge in [-0.05, 0) is 18.2 Å². The Balaban J connectivity index is 2.42.